The van der Waals surface area contributed by atoms with E-state index >= 15 is 0 Å². The molecule has 0 spiro atoms. The van der Waals surface area contributed by atoms with E-state index in [4.69, 9.17) is 0 Å². The van der Waals surface area contributed by atoms with Gasteiger partial charge in [-0.25, -0.2) is 0 Å². The van der Waals surface area contributed by atoms with Crippen LogP contribution in [-0.4, -0.2) is 40.1 Å². The molecule has 0 radical (unpaired) electrons. The number of carbonyl (C=O) groups is 1. The Bertz CT molecular complexity index is 585. The highest BCUT2D eigenvalue weighted by molar-refractivity contribution is 5.84. The number of nitrogens with zero attached hydrogens (tertiary/aromatic N) is 1. The van der Waals surface area contributed by atoms with Crippen LogP contribution in [0.25, 0.3) is 10.9 Å². The van der Waals surface area contributed by atoms with Gasteiger partial charge in [0.25, 0.3) is 0 Å². The number of likely N-dealkylation sites (tertiary alicyclic amines) is 1. The van der Waals surface area contributed by atoms with Crippen molar-refractivity contribution >= 4 is 16.9 Å². The Labute approximate surface area is 112 Å². The van der Waals surface area contributed by atoms with Gasteiger partial charge in [0.2, 0.25) is 0 Å². The second-order valence-electron chi connectivity index (χ2n) is 5.16. The number of hydrogen-bond donors (Lipinski definition) is 2. The van der Waals surface area contributed by atoms with Crippen LogP contribution < -0.4 is 0 Å². The minimum atomic E-state index is -0.716. The number of hydrogen-bond acceptors (Lipinski definition) is 2. The molecule has 0 amide bonds. The first-order chi connectivity index (χ1) is 9.25. The molecule has 19 heavy (non-hydrogen) atoms. The van der Waals surface area contributed by atoms with Gasteiger partial charge in [-0.2, -0.15) is 0 Å². The maximum Gasteiger partial charge on any atom is 0.321 e. The summed E-state index contributed by atoms with van der Waals surface area (Å²) in [5.74, 6) is -0.716. The fourth-order valence-electron chi connectivity index (χ4n) is 2.93. The van der Waals surface area contributed by atoms with Gasteiger partial charge < -0.3 is 10.1 Å². The van der Waals surface area contributed by atoms with Gasteiger partial charge in [-0.15, -0.1) is 0 Å². The van der Waals surface area contributed by atoms with E-state index in [2.05, 4.69) is 9.88 Å². The van der Waals surface area contributed by atoms with E-state index in [1.807, 2.05) is 30.5 Å². The third kappa shape index (κ3) is 2.36. The standard InChI is InChI=1S/C15H18N2O2/c18-15(19)14(17-7-3-4-8-17)9-11-10-16-13-6-2-1-5-12(11)13/h1-2,5-6,10,14,16H,3-4,7-9H2,(H,18,19). The Hall–Kier alpha value is -1.81. The first kappa shape index (κ1) is 12.2. The van der Waals surface area contributed by atoms with Crippen molar-refractivity contribution in [1.29, 1.82) is 0 Å². The lowest BCUT2D eigenvalue weighted by atomic mass is 10.0. The molecule has 0 aliphatic carbocycles. The number of aliphatic carboxylic acids is 1. The predicted molar refractivity (Wildman–Crippen MR) is 74.2 cm³/mol. The summed E-state index contributed by atoms with van der Waals surface area (Å²) in [5, 5.41) is 10.6. The third-order valence-corrected chi connectivity index (χ3v) is 3.95. The summed E-state index contributed by atoms with van der Waals surface area (Å²) in [7, 11) is 0. The van der Waals surface area contributed by atoms with E-state index < -0.39 is 12.0 Å². The molecule has 1 aliphatic heterocycles. The number of carboxylic acid groups (broad SMARTS) is 1. The number of fused-ring (bicyclic) bond motifs is 1. The summed E-state index contributed by atoms with van der Waals surface area (Å²) >= 11 is 0. The van der Waals surface area contributed by atoms with Gasteiger partial charge in [0.15, 0.2) is 0 Å². The Morgan fingerprint density at radius 3 is 2.79 bits per heavy atom. The molecule has 1 fully saturated rings. The highest BCUT2D eigenvalue weighted by Crippen LogP contribution is 2.22. The molecule has 3 rings (SSSR count). The second kappa shape index (κ2) is 5.05. The smallest absolute Gasteiger partial charge is 0.321 e. The molecule has 2 N–H and O–H groups in total. The average Bonchev–Trinajstić information content (AvgIpc) is 3.05. The Morgan fingerprint density at radius 2 is 2.05 bits per heavy atom. The van der Waals surface area contributed by atoms with Crippen LogP contribution in [0, 0.1) is 0 Å². The van der Waals surface area contributed by atoms with Crippen molar-refractivity contribution in [2.45, 2.75) is 25.3 Å². The van der Waals surface area contributed by atoms with Gasteiger partial charge in [-0.3, -0.25) is 9.69 Å². The molecule has 1 saturated heterocycles. The number of benzene rings is 1. The van der Waals surface area contributed by atoms with E-state index in [0.717, 1.165) is 42.4 Å². The van der Waals surface area contributed by atoms with Crippen molar-refractivity contribution in [3.63, 3.8) is 0 Å². The minimum Gasteiger partial charge on any atom is -0.480 e. The van der Waals surface area contributed by atoms with Crippen LogP contribution in [0.15, 0.2) is 30.5 Å². The average molecular weight is 258 g/mol. The zero-order valence-electron chi connectivity index (χ0n) is 10.8. The molecule has 2 aromatic rings. The van der Waals surface area contributed by atoms with Crippen LogP contribution in [0.3, 0.4) is 0 Å². The second-order valence-corrected chi connectivity index (χ2v) is 5.16. The number of H-pyrrole nitrogens is 1. The molecule has 100 valence electrons. The summed E-state index contributed by atoms with van der Waals surface area (Å²) in [6, 6.07) is 7.64. The van der Waals surface area contributed by atoms with E-state index in [1.54, 1.807) is 0 Å². The summed E-state index contributed by atoms with van der Waals surface area (Å²) in [4.78, 5) is 16.8. The summed E-state index contributed by atoms with van der Waals surface area (Å²) in [6.45, 7) is 1.80. The Balaban J connectivity index is 1.87. The number of para-hydroxylation sites is 1. The van der Waals surface area contributed by atoms with Crippen molar-refractivity contribution in [3.8, 4) is 0 Å². The van der Waals surface area contributed by atoms with Crippen LogP contribution in [0.5, 0.6) is 0 Å². The monoisotopic (exact) mass is 258 g/mol. The first-order valence-electron chi connectivity index (χ1n) is 6.77. The summed E-state index contributed by atoms with van der Waals surface area (Å²) in [5.41, 5.74) is 2.16. The number of rotatable bonds is 4. The molecular formula is C15H18N2O2. The Morgan fingerprint density at radius 1 is 1.32 bits per heavy atom. The van der Waals surface area contributed by atoms with Crippen molar-refractivity contribution in [2.24, 2.45) is 0 Å². The van der Waals surface area contributed by atoms with Crippen molar-refractivity contribution < 1.29 is 9.90 Å². The van der Waals surface area contributed by atoms with Crippen LogP contribution >= 0.6 is 0 Å². The lowest BCUT2D eigenvalue weighted by Crippen LogP contribution is -2.40. The third-order valence-electron chi connectivity index (χ3n) is 3.95. The topological polar surface area (TPSA) is 56.3 Å². The molecule has 1 unspecified atom stereocenters. The highest BCUT2D eigenvalue weighted by atomic mass is 16.4. The fraction of sp³-hybridized carbons (Fsp3) is 0.400. The zero-order chi connectivity index (χ0) is 13.2. The normalized spacial score (nSPS) is 17.9. The van der Waals surface area contributed by atoms with Gasteiger partial charge >= 0.3 is 5.97 Å². The molecular weight excluding hydrogens is 240 g/mol. The van der Waals surface area contributed by atoms with Gasteiger partial charge in [0, 0.05) is 23.5 Å². The SMILES string of the molecule is O=C(O)C(Cc1c[nH]c2ccccc12)N1CCCC1. The molecule has 4 heteroatoms. The Kier molecular flexibility index (Phi) is 3.25. The molecule has 0 saturated carbocycles. The van der Waals surface area contributed by atoms with E-state index in [9.17, 15) is 9.90 Å². The number of carboxylic acids is 1. The largest absolute Gasteiger partial charge is 0.480 e. The van der Waals surface area contributed by atoms with Crippen LogP contribution in [0.4, 0.5) is 0 Å². The summed E-state index contributed by atoms with van der Waals surface area (Å²) < 4.78 is 0. The van der Waals surface area contributed by atoms with E-state index in [-0.39, 0.29) is 0 Å². The van der Waals surface area contributed by atoms with Gasteiger partial charge in [-0.05, 0) is 37.6 Å². The van der Waals surface area contributed by atoms with Crippen molar-refractivity contribution in [2.75, 3.05) is 13.1 Å². The number of aromatic amines is 1. The summed E-state index contributed by atoms with van der Waals surface area (Å²) in [6.07, 6.45) is 4.73. The van der Waals surface area contributed by atoms with Gasteiger partial charge in [0.05, 0.1) is 0 Å². The maximum absolute atomic E-state index is 11.5. The molecule has 1 aliphatic rings. The van der Waals surface area contributed by atoms with Crippen LogP contribution in [0.2, 0.25) is 0 Å². The zero-order valence-corrected chi connectivity index (χ0v) is 10.8. The highest BCUT2D eigenvalue weighted by Gasteiger charge is 2.28. The molecule has 4 nitrogen and oxygen atoms in total. The van der Waals surface area contributed by atoms with E-state index in [1.165, 1.54) is 0 Å². The molecule has 1 aromatic carbocycles. The lowest BCUT2D eigenvalue weighted by molar-refractivity contribution is -0.142. The molecule has 2 heterocycles. The predicted octanol–water partition coefficient (Wildman–Crippen LogP) is 2.26. The minimum absolute atomic E-state index is 0.401. The van der Waals surface area contributed by atoms with Gasteiger partial charge in [0.1, 0.15) is 6.04 Å². The van der Waals surface area contributed by atoms with Crippen LogP contribution in [-0.2, 0) is 11.2 Å². The van der Waals surface area contributed by atoms with Gasteiger partial charge in [-0.1, -0.05) is 18.2 Å². The first-order valence-corrected chi connectivity index (χ1v) is 6.77. The molecule has 0 bridgehead atoms. The van der Waals surface area contributed by atoms with Crippen LogP contribution in [0.1, 0.15) is 18.4 Å². The van der Waals surface area contributed by atoms with Crippen molar-refractivity contribution in [1.82, 2.24) is 9.88 Å². The quantitative estimate of drug-likeness (QED) is 0.884. The number of nitrogens with one attached hydrogen (secondary N) is 1. The number of aromatic nitrogens is 1. The fourth-order valence-corrected chi connectivity index (χ4v) is 2.93. The molecule has 1 aromatic heterocycles. The van der Waals surface area contributed by atoms with Crippen molar-refractivity contribution in [3.05, 3.63) is 36.0 Å². The molecule has 1 atom stereocenters. The lowest BCUT2D eigenvalue weighted by Gasteiger charge is -2.23. The maximum atomic E-state index is 11.5. The van der Waals surface area contributed by atoms with E-state index in [0.29, 0.717) is 6.42 Å².